The predicted molar refractivity (Wildman–Crippen MR) is 77.4 cm³/mol. The third-order valence-electron chi connectivity index (χ3n) is 3.38. The van der Waals surface area contributed by atoms with E-state index in [4.69, 9.17) is 10.5 Å². The SMILES string of the molecule is Cc1cccc(OCC(=O)N2Cc3cnc(N)nc3C2)c1. The summed E-state index contributed by atoms with van der Waals surface area (Å²) >= 11 is 0. The average molecular weight is 284 g/mol. The molecule has 2 heterocycles. The zero-order valence-electron chi connectivity index (χ0n) is 11.7. The standard InChI is InChI=1S/C15H16N4O2/c1-10-3-2-4-12(5-10)21-9-14(20)19-7-11-6-17-15(16)18-13(11)8-19/h2-6H,7-9H2,1H3,(H2,16,17,18). The highest BCUT2D eigenvalue weighted by Crippen LogP contribution is 2.21. The summed E-state index contributed by atoms with van der Waals surface area (Å²) in [4.78, 5) is 22.0. The van der Waals surface area contributed by atoms with Crippen LogP contribution in [0.15, 0.2) is 30.5 Å². The molecule has 1 aromatic carbocycles. The van der Waals surface area contributed by atoms with Crippen molar-refractivity contribution in [2.24, 2.45) is 0 Å². The lowest BCUT2D eigenvalue weighted by Crippen LogP contribution is -2.30. The van der Waals surface area contributed by atoms with Gasteiger partial charge in [0.2, 0.25) is 5.95 Å². The minimum atomic E-state index is -0.0759. The van der Waals surface area contributed by atoms with E-state index in [-0.39, 0.29) is 18.5 Å². The largest absolute Gasteiger partial charge is 0.484 e. The number of benzene rings is 1. The van der Waals surface area contributed by atoms with Crippen LogP contribution in [0.25, 0.3) is 0 Å². The van der Waals surface area contributed by atoms with Gasteiger partial charge in [-0.2, -0.15) is 0 Å². The summed E-state index contributed by atoms with van der Waals surface area (Å²) in [5.74, 6) is 0.858. The van der Waals surface area contributed by atoms with Crippen LogP contribution >= 0.6 is 0 Å². The van der Waals surface area contributed by atoms with Gasteiger partial charge in [-0.25, -0.2) is 9.97 Å². The zero-order chi connectivity index (χ0) is 14.8. The fourth-order valence-electron chi connectivity index (χ4n) is 2.29. The number of nitrogen functional groups attached to an aromatic ring is 1. The van der Waals surface area contributed by atoms with Gasteiger partial charge in [0.1, 0.15) is 5.75 Å². The number of carbonyl (C=O) groups is 1. The van der Waals surface area contributed by atoms with E-state index < -0.39 is 0 Å². The zero-order valence-corrected chi connectivity index (χ0v) is 11.7. The van der Waals surface area contributed by atoms with Crippen molar-refractivity contribution in [2.45, 2.75) is 20.0 Å². The van der Waals surface area contributed by atoms with Crippen molar-refractivity contribution in [3.05, 3.63) is 47.3 Å². The van der Waals surface area contributed by atoms with Gasteiger partial charge in [0, 0.05) is 18.3 Å². The van der Waals surface area contributed by atoms with Crippen LogP contribution in [-0.4, -0.2) is 27.4 Å². The molecule has 2 N–H and O–H groups in total. The molecule has 0 atom stereocenters. The van der Waals surface area contributed by atoms with Gasteiger partial charge >= 0.3 is 0 Å². The minimum Gasteiger partial charge on any atom is -0.484 e. The maximum atomic E-state index is 12.2. The summed E-state index contributed by atoms with van der Waals surface area (Å²) in [6, 6.07) is 7.62. The van der Waals surface area contributed by atoms with Crippen LogP contribution < -0.4 is 10.5 Å². The normalized spacial score (nSPS) is 13.1. The number of carbonyl (C=O) groups excluding carboxylic acids is 1. The molecule has 0 spiro atoms. The molecule has 1 aliphatic heterocycles. The molecule has 1 aliphatic rings. The minimum absolute atomic E-state index is 0.0142. The number of hydrogen-bond acceptors (Lipinski definition) is 5. The molecule has 6 heteroatoms. The second kappa shape index (κ2) is 5.40. The third-order valence-corrected chi connectivity index (χ3v) is 3.38. The maximum absolute atomic E-state index is 12.2. The monoisotopic (exact) mass is 284 g/mol. The molecule has 0 fully saturated rings. The summed E-state index contributed by atoms with van der Waals surface area (Å²) in [5, 5.41) is 0. The Morgan fingerprint density at radius 2 is 2.29 bits per heavy atom. The van der Waals surface area contributed by atoms with E-state index in [1.807, 2.05) is 31.2 Å². The number of fused-ring (bicyclic) bond motifs is 1. The molecule has 1 aromatic heterocycles. The van der Waals surface area contributed by atoms with Crippen LogP contribution in [0.3, 0.4) is 0 Å². The Morgan fingerprint density at radius 1 is 1.43 bits per heavy atom. The van der Waals surface area contributed by atoms with Crippen LogP contribution in [0.4, 0.5) is 5.95 Å². The van der Waals surface area contributed by atoms with Crippen LogP contribution in [0, 0.1) is 6.92 Å². The third kappa shape index (κ3) is 2.94. The highest BCUT2D eigenvalue weighted by Gasteiger charge is 2.25. The van der Waals surface area contributed by atoms with Crippen molar-refractivity contribution in [3.8, 4) is 5.75 Å². The van der Waals surface area contributed by atoms with Crippen molar-refractivity contribution in [1.82, 2.24) is 14.9 Å². The summed E-state index contributed by atoms with van der Waals surface area (Å²) < 4.78 is 5.53. The highest BCUT2D eigenvalue weighted by molar-refractivity contribution is 5.78. The molecule has 0 saturated carbocycles. The van der Waals surface area contributed by atoms with Gasteiger partial charge in [-0.05, 0) is 24.6 Å². The van der Waals surface area contributed by atoms with E-state index in [9.17, 15) is 4.79 Å². The second-order valence-corrected chi connectivity index (χ2v) is 5.06. The molecule has 1 amide bonds. The van der Waals surface area contributed by atoms with E-state index in [0.717, 1.165) is 16.8 Å². The fourth-order valence-corrected chi connectivity index (χ4v) is 2.29. The Kier molecular flexibility index (Phi) is 3.43. The molecule has 0 unspecified atom stereocenters. The van der Waals surface area contributed by atoms with Crippen molar-refractivity contribution in [1.29, 1.82) is 0 Å². The molecular weight excluding hydrogens is 268 g/mol. The number of ether oxygens (including phenoxy) is 1. The van der Waals surface area contributed by atoms with Gasteiger partial charge in [0.25, 0.3) is 5.91 Å². The summed E-state index contributed by atoms with van der Waals surface area (Å²) in [7, 11) is 0. The van der Waals surface area contributed by atoms with E-state index in [0.29, 0.717) is 18.8 Å². The molecule has 0 saturated heterocycles. The Hall–Kier alpha value is -2.63. The molecule has 21 heavy (non-hydrogen) atoms. The Labute approximate surface area is 122 Å². The van der Waals surface area contributed by atoms with Crippen molar-refractivity contribution in [2.75, 3.05) is 12.3 Å². The smallest absolute Gasteiger partial charge is 0.261 e. The Balaban J connectivity index is 1.60. The molecular formula is C15H16N4O2. The van der Waals surface area contributed by atoms with E-state index >= 15 is 0 Å². The highest BCUT2D eigenvalue weighted by atomic mass is 16.5. The molecule has 2 aromatic rings. The van der Waals surface area contributed by atoms with Gasteiger partial charge < -0.3 is 15.4 Å². The molecule has 0 bridgehead atoms. The number of aryl methyl sites for hydroxylation is 1. The van der Waals surface area contributed by atoms with Crippen LogP contribution in [0.1, 0.15) is 16.8 Å². The first-order valence-electron chi connectivity index (χ1n) is 6.69. The average Bonchev–Trinajstić information content (AvgIpc) is 2.88. The van der Waals surface area contributed by atoms with Crippen LogP contribution in [0.2, 0.25) is 0 Å². The van der Waals surface area contributed by atoms with Crippen LogP contribution in [-0.2, 0) is 17.9 Å². The number of anilines is 1. The topological polar surface area (TPSA) is 81.3 Å². The number of nitrogens with zero attached hydrogens (tertiary/aromatic N) is 3. The van der Waals surface area contributed by atoms with E-state index in [1.54, 1.807) is 11.1 Å². The Bertz CT molecular complexity index is 687. The molecule has 108 valence electrons. The van der Waals surface area contributed by atoms with Crippen molar-refractivity contribution < 1.29 is 9.53 Å². The lowest BCUT2D eigenvalue weighted by molar-refractivity contribution is -0.134. The van der Waals surface area contributed by atoms with E-state index in [1.165, 1.54) is 0 Å². The van der Waals surface area contributed by atoms with Gasteiger partial charge in [0.15, 0.2) is 6.61 Å². The molecule has 6 nitrogen and oxygen atoms in total. The summed E-state index contributed by atoms with van der Waals surface area (Å²) in [6.07, 6.45) is 1.67. The summed E-state index contributed by atoms with van der Waals surface area (Å²) in [6.45, 7) is 2.96. The predicted octanol–water partition coefficient (Wildman–Crippen LogP) is 1.29. The summed E-state index contributed by atoms with van der Waals surface area (Å²) in [5.41, 5.74) is 8.40. The van der Waals surface area contributed by atoms with Gasteiger partial charge in [0.05, 0.1) is 12.2 Å². The number of nitrogens with two attached hydrogens (primary N) is 1. The van der Waals surface area contributed by atoms with Gasteiger partial charge in [-0.1, -0.05) is 12.1 Å². The van der Waals surface area contributed by atoms with Crippen molar-refractivity contribution in [3.63, 3.8) is 0 Å². The molecule has 0 radical (unpaired) electrons. The fraction of sp³-hybridized carbons (Fsp3) is 0.267. The lowest BCUT2D eigenvalue weighted by Gasteiger charge is -2.15. The first-order valence-corrected chi connectivity index (χ1v) is 6.69. The molecule has 3 rings (SSSR count). The number of aromatic nitrogens is 2. The second-order valence-electron chi connectivity index (χ2n) is 5.06. The number of amides is 1. The van der Waals surface area contributed by atoms with Gasteiger partial charge in [-0.15, -0.1) is 0 Å². The van der Waals surface area contributed by atoms with E-state index in [2.05, 4.69) is 9.97 Å². The maximum Gasteiger partial charge on any atom is 0.261 e. The Morgan fingerprint density at radius 3 is 3.10 bits per heavy atom. The van der Waals surface area contributed by atoms with Crippen LogP contribution in [0.5, 0.6) is 5.75 Å². The lowest BCUT2D eigenvalue weighted by atomic mass is 10.2. The molecule has 0 aliphatic carbocycles. The first kappa shape index (κ1) is 13.4. The van der Waals surface area contributed by atoms with Crippen molar-refractivity contribution >= 4 is 11.9 Å². The number of rotatable bonds is 3. The van der Waals surface area contributed by atoms with Gasteiger partial charge in [-0.3, -0.25) is 4.79 Å². The quantitative estimate of drug-likeness (QED) is 0.918. The number of hydrogen-bond donors (Lipinski definition) is 1. The first-order chi connectivity index (χ1) is 10.1.